The monoisotopic (exact) mass is 2070 g/mol. The Morgan fingerprint density at radius 2 is 0.792 bits per heavy atom. The molecule has 2 N–H and O–H groups in total. The molecule has 0 spiro atoms. The highest BCUT2D eigenvalue weighted by molar-refractivity contribution is 8.80. The van der Waals surface area contributed by atoms with Gasteiger partial charge < -0.3 is 19.4 Å². The number of esters is 1. The van der Waals surface area contributed by atoms with Crippen LogP contribution in [0.25, 0.3) is 21.8 Å². The summed E-state index contributed by atoms with van der Waals surface area (Å²) in [6.45, 7) is 15.6. The molecule has 7 aromatic rings. The summed E-state index contributed by atoms with van der Waals surface area (Å²) in [6, 6.07) is 35.3. The fraction of sp³-hybridized carbons (Fsp3) is 0.250. The molecular formula is C48H49Cl3N2O4S39. The summed E-state index contributed by atoms with van der Waals surface area (Å²) in [5, 5.41) is 13.8. The van der Waals surface area contributed by atoms with Crippen LogP contribution in [0.15, 0.2) is 129 Å². The van der Waals surface area contributed by atoms with Gasteiger partial charge >= 0.3 is 11.9 Å². The molecular weight excluding hydrogens is 2030 g/mol. The van der Waals surface area contributed by atoms with Gasteiger partial charge in [-0.15, -0.1) is 0 Å². The van der Waals surface area contributed by atoms with E-state index in [2.05, 4.69) is 82.9 Å². The molecule has 530 valence electrons. The molecule has 0 amide bonds. The molecule has 0 unspecified atom stereocenters. The van der Waals surface area contributed by atoms with Crippen LogP contribution < -0.4 is 0 Å². The van der Waals surface area contributed by atoms with Crippen LogP contribution in [0.4, 0.5) is 0 Å². The zero-order chi connectivity index (χ0) is 68.7. The lowest BCUT2D eigenvalue weighted by Crippen LogP contribution is -2.10. The summed E-state index contributed by atoms with van der Waals surface area (Å²) in [5.41, 5.74) is 6.04. The minimum absolute atomic E-state index is 0. The minimum atomic E-state index is -0.972. The van der Waals surface area contributed by atoms with Crippen molar-refractivity contribution in [3.8, 4) is 0 Å². The zero-order valence-electron chi connectivity index (χ0n) is 48.5. The second-order valence-electron chi connectivity index (χ2n) is 18.2. The van der Waals surface area contributed by atoms with E-state index in [1.807, 2.05) is 258 Å². The molecule has 0 aliphatic rings. The maximum absolute atomic E-state index is 12.4. The number of rotatable bonds is 9. The number of carboxylic acid groups (broad SMARTS) is 1. The predicted molar refractivity (Wildman–Crippen MR) is 521 cm³/mol. The number of H-pyrrole nitrogens is 1. The third kappa shape index (κ3) is 37.3. The number of nitrogens with one attached hydrogen (secondary N) is 1. The first-order chi connectivity index (χ1) is 45.8. The summed E-state index contributed by atoms with van der Waals surface area (Å²) in [6.07, 6.45) is 0. The topological polar surface area (TPSA) is 84.3 Å². The van der Waals surface area contributed by atoms with Crippen LogP contribution in [0.3, 0.4) is 0 Å². The van der Waals surface area contributed by atoms with Crippen molar-refractivity contribution in [2.45, 2.75) is 92.8 Å². The fourth-order valence-electron chi connectivity index (χ4n) is 6.80. The smallest absolute Gasteiger partial charge is 0.355 e. The Hall–Kier alpha value is 3.83. The van der Waals surface area contributed by atoms with Crippen LogP contribution in [0.5, 0.6) is 0 Å². The van der Waals surface area contributed by atoms with Crippen molar-refractivity contribution in [3.63, 3.8) is 0 Å². The van der Waals surface area contributed by atoms with Gasteiger partial charge in [0.1, 0.15) is 11.4 Å². The Labute approximate surface area is 692 Å². The average molecular weight is 2070 g/mol. The van der Waals surface area contributed by atoms with E-state index >= 15 is 0 Å². The van der Waals surface area contributed by atoms with Gasteiger partial charge in [0, 0.05) is 381 Å². The quantitative estimate of drug-likeness (QED) is 0.138. The lowest BCUT2D eigenvalue weighted by atomic mass is 9.87. The van der Waals surface area contributed by atoms with Gasteiger partial charge in [0.05, 0.1) is 21.9 Å². The van der Waals surface area contributed by atoms with Crippen LogP contribution >= 0.6 is 58.3 Å². The van der Waals surface area contributed by atoms with Crippen LogP contribution in [0.2, 0.25) is 15.1 Å². The van der Waals surface area contributed by atoms with Crippen LogP contribution in [0, 0.1) is 0 Å². The number of hydrogen-bond acceptors (Lipinski definition) is 7. The van der Waals surface area contributed by atoms with Crippen molar-refractivity contribution in [1.82, 2.24) is 9.55 Å². The second kappa shape index (κ2) is 54.4. The summed E-state index contributed by atoms with van der Waals surface area (Å²) in [7, 11) is 61.9. The maximum Gasteiger partial charge on any atom is 0.355 e. The first kappa shape index (κ1) is 92.2. The number of halogens is 3. The van der Waals surface area contributed by atoms with Crippen LogP contribution in [-0.2, 0) is 355 Å². The third-order valence-corrected chi connectivity index (χ3v) is 89.0. The molecule has 96 heavy (non-hydrogen) atoms. The fourth-order valence-corrected chi connectivity index (χ4v) is 99.9. The van der Waals surface area contributed by atoms with Crippen molar-refractivity contribution >= 4 is 425 Å². The molecule has 0 radical (unpaired) electrons. The number of carboxylic acids is 1. The Morgan fingerprint density at radius 1 is 0.458 bits per heavy atom. The molecule has 0 saturated heterocycles. The summed E-state index contributed by atoms with van der Waals surface area (Å²) in [4.78, 5) is 31.6. The van der Waals surface area contributed by atoms with Gasteiger partial charge in [0.15, 0.2) is 0 Å². The van der Waals surface area contributed by atoms with Crippen molar-refractivity contribution in [1.29, 1.82) is 0 Å². The molecule has 0 saturated carbocycles. The van der Waals surface area contributed by atoms with Gasteiger partial charge in [0.2, 0.25) is 0 Å². The highest BCUT2D eigenvalue weighted by atomic mass is 35.5. The van der Waals surface area contributed by atoms with E-state index in [1.54, 1.807) is 131 Å². The zero-order valence-corrected chi connectivity index (χ0v) is 82.6. The highest BCUT2D eigenvalue weighted by Crippen LogP contribution is 2.42. The van der Waals surface area contributed by atoms with Gasteiger partial charge in [-0.3, -0.25) is 0 Å². The standard InChI is InChI=1S/C26H23Cl2NO2S.C21H22ClNO2S.CH4.S37/c1-26(2,3)17-6-11-20(12-7-17)32-24-21-14-19(28)10-13-22(21)29(23(24)25(30)31)15-16-4-8-18(27)9-5-16;1-5-25-20(24)18-19(16-12-14(22)8-11-17(16)23-18)26-15-9-6-13(7-10-15)21(2,3)4;;1-3-5-7-9-11-13-15-17-19-21-23-25-27-29-31-33-35-37-36-34-32-30-28-26-24-22-20-18-16-14-12-10-8-6-4-2/h4-14H,15H2,1-3H3,(H,30,31);6-12,23H,5H2,1-4H3;1H4;. The molecule has 6 nitrogen and oxygen atoms in total. The van der Waals surface area contributed by atoms with Crippen molar-refractivity contribution in [2.24, 2.45) is 0 Å². The number of aromatic carboxylic acids is 1. The Morgan fingerprint density at radius 3 is 1.14 bits per heavy atom. The molecule has 7 rings (SSSR count). The van der Waals surface area contributed by atoms with E-state index in [0.717, 1.165) is 42.1 Å². The molecule has 5 aromatic carbocycles. The highest BCUT2D eigenvalue weighted by Gasteiger charge is 2.25. The van der Waals surface area contributed by atoms with Crippen molar-refractivity contribution in [2.75, 3.05) is 6.61 Å². The number of fused-ring (bicyclic) bond motifs is 2. The second-order valence-corrected chi connectivity index (χ2v) is 83.6. The average Bonchev–Trinajstić information content (AvgIpc) is 1.61. The van der Waals surface area contributed by atoms with Crippen LogP contribution in [0.1, 0.15) is 93.6 Å². The van der Waals surface area contributed by atoms with Gasteiger partial charge in [-0.2, -0.15) is 0 Å². The molecule has 0 bridgehead atoms. The largest absolute Gasteiger partial charge is 0.477 e. The van der Waals surface area contributed by atoms with Gasteiger partial charge in [-0.25, -0.2) is 9.59 Å². The molecule has 2 aromatic heterocycles. The van der Waals surface area contributed by atoms with Crippen LogP contribution in [-0.4, -0.2) is 33.2 Å². The van der Waals surface area contributed by atoms with Gasteiger partial charge in [-0.1, -0.05) is 144 Å². The Kier molecular flexibility index (Phi) is 52.3. The number of carbonyl (C=O) groups is 2. The first-order valence-corrected chi connectivity index (χ1v) is 75.5. The number of hydrogen-bond donors (Lipinski definition) is 2. The van der Waals surface area contributed by atoms with E-state index < -0.39 is 5.97 Å². The Balaban J connectivity index is 0.000000308. The summed E-state index contributed by atoms with van der Waals surface area (Å²) >= 11 is 31.1. The molecule has 0 aliphatic heterocycles. The van der Waals surface area contributed by atoms with E-state index in [0.29, 0.717) is 38.8 Å². The third-order valence-electron chi connectivity index (χ3n) is 10.5. The van der Waals surface area contributed by atoms with Crippen molar-refractivity contribution < 1.29 is 19.4 Å². The number of carbonyl (C=O) groups excluding carboxylic acids is 1. The van der Waals surface area contributed by atoms with Gasteiger partial charge in [-0.05, 0) is 107 Å². The number of aromatic nitrogens is 2. The molecule has 48 heteroatoms. The lowest BCUT2D eigenvalue weighted by Gasteiger charge is -2.19. The van der Waals surface area contributed by atoms with Crippen molar-refractivity contribution in [3.05, 3.63) is 152 Å². The summed E-state index contributed by atoms with van der Waals surface area (Å²) in [5.74, 6) is -1.33. The summed E-state index contributed by atoms with van der Waals surface area (Å²) < 4.78 is 7.05. The normalized spacial score (nSPS) is 10.1. The molecule has 0 aliphatic carbocycles. The van der Waals surface area contributed by atoms with E-state index in [9.17, 15) is 14.7 Å². The number of nitrogens with zero attached hydrogens (tertiary/aromatic N) is 1. The lowest BCUT2D eigenvalue weighted by molar-refractivity contribution is 0.0516. The minimum Gasteiger partial charge on any atom is -0.477 e. The molecule has 0 fully saturated rings. The number of benzene rings is 5. The maximum atomic E-state index is 12.4. The molecule has 0 atom stereocenters. The van der Waals surface area contributed by atoms with E-state index in [-0.39, 0.29) is 29.9 Å². The van der Waals surface area contributed by atoms with E-state index in [4.69, 9.17) is 61.9 Å². The number of ether oxygens (including phenoxy) is 1. The number of aromatic amines is 1. The Bertz CT molecular complexity index is 5550. The first-order valence-electron chi connectivity index (χ1n) is 24.8. The van der Waals surface area contributed by atoms with Gasteiger partial charge in [0.25, 0.3) is 0 Å². The SMILES string of the molecule is C.CC(C)(C)c1ccc(Sc2c(C(=O)O)n(Cc3ccc(Cl)cc3)c3ccc(Cl)cc23)cc1.CCOC(=O)c1[nH]c2ccc(Cl)cc2c1Sc1ccc(C(C)(C)C)cc1.S=S=S=S=S=S=S=S=S=S=S=S=S=S=S=S=S=S=S=S=S=S=S=S=S=S=S=S=S=S=S=S=S=S=S=S=S. The predicted octanol–water partition coefficient (Wildman–Crippen LogP) is 15.1. The van der Waals surface area contributed by atoms with E-state index in [1.165, 1.54) is 40.6 Å². The molecule has 2 heterocycles.